The number of nitrogens with zero attached hydrogens (tertiary/aromatic N) is 1. The molecule has 0 saturated carbocycles. The Morgan fingerprint density at radius 1 is 1.42 bits per heavy atom. The number of rotatable bonds is 4. The number of ketones is 1. The van der Waals surface area contributed by atoms with Crippen LogP contribution >= 0.6 is 23.2 Å². The molecule has 1 saturated heterocycles. The van der Waals surface area contributed by atoms with Crippen molar-refractivity contribution in [1.82, 2.24) is 0 Å². The summed E-state index contributed by atoms with van der Waals surface area (Å²) in [4.78, 5) is 13.8. The number of halogens is 2. The molecule has 1 heterocycles. The molecular weight excluding hydrogens is 285 g/mol. The van der Waals surface area contributed by atoms with Crippen LogP contribution in [0.5, 0.6) is 5.75 Å². The molecule has 0 aliphatic carbocycles. The number of ether oxygens (including phenoxy) is 1. The van der Waals surface area contributed by atoms with Crippen LogP contribution in [0, 0.1) is 5.92 Å². The van der Waals surface area contributed by atoms with Gasteiger partial charge in [-0.25, -0.2) is 0 Å². The fraction of sp³-hybridized carbons (Fsp3) is 0.500. The van der Waals surface area contributed by atoms with Crippen molar-refractivity contribution in [2.45, 2.75) is 12.8 Å². The second kappa shape index (κ2) is 6.49. The predicted octanol–water partition coefficient (Wildman–Crippen LogP) is 3.37. The quantitative estimate of drug-likeness (QED) is 0.799. The fourth-order valence-corrected chi connectivity index (χ4v) is 2.83. The van der Waals surface area contributed by atoms with Crippen LogP contribution in [0.25, 0.3) is 0 Å². The predicted molar refractivity (Wildman–Crippen MR) is 78.7 cm³/mol. The monoisotopic (exact) mass is 301 g/mol. The minimum atomic E-state index is 0.114. The van der Waals surface area contributed by atoms with E-state index < -0.39 is 0 Å². The van der Waals surface area contributed by atoms with E-state index in [0.717, 1.165) is 31.6 Å². The van der Waals surface area contributed by atoms with Crippen molar-refractivity contribution in [3.8, 4) is 5.75 Å². The van der Waals surface area contributed by atoms with Crippen LogP contribution in [-0.2, 0) is 4.79 Å². The van der Waals surface area contributed by atoms with E-state index in [2.05, 4.69) is 4.90 Å². The van der Waals surface area contributed by atoms with Gasteiger partial charge >= 0.3 is 0 Å². The zero-order valence-electron chi connectivity index (χ0n) is 10.9. The number of carbonyl (C=O) groups excluding carboxylic acids is 1. The summed E-state index contributed by atoms with van der Waals surface area (Å²) < 4.78 is 5.22. The van der Waals surface area contributed by atoms with Crippen molar-refractivity contribution >= 4 is 34.7 Å². The first-order valence-corrected chi connectivity index (χ1v) is 7.24. The number of hydrogen-bond acceptors (Lipinski definition) is 3. The van der Waals surface area contributed by atoms with Crippen LogP contribution < -0.4 is 9.64 Å². The van der Waals surface area contributed by atoms with E-state index in [-0.39, 0.29) is 17.6 Å². The summed E-state index contributed by atoms with van der Waals surface area (Å²) >= 11 is 11.6. The topological polar surface area (TPSA) is 29.5 Å². The van der Waals surface area contributed by atoms with Gasteiger partial charge in [0.2, 0.25) is 0 Å². The molecular formula is C14H17Cl2NO2. The Hall–Kier alpha value is -0.930. The third kappa shape index (κ3) is 3.34. The number of alkyl halides is 1. The molecule has 2 rings (SSSR count). The molecule has 0 bridgehead atoms. The molecule has 19 heavy (non-hydrogen) atoms. The molecule has 0 unspecified atom stereocenters. The van der Waals surface area contributed by atoms with Crippen molar-refractivity contribution in [2.75, 3.05) is 31.0 Å². The summed E-state index contributed by atoms with van der Waals surface area (Å²) in [6.07, 6.45) is 1.72. The largest absolute Gasteiger partial charge is 0.495 e. The molecule has 1 aromatic carbocycles. The van der Waals surface area contributed by atoms with Crippen molar-refractivity contribution in [2.24, 2.45) is 5.92 Å². The van der Waals surface area contributed by atoms with Gasteiger partial charge in [0.25, 0.3) is 0 Å². The molecule has 0 aromatic heterocycles. The highest BCUT2D eigenvalue weighted by Gasteiger charge is 2.24. The summed E-state index contributed by atoms with van der Waals surface area (Å²) in [6, 6.07) is 5.76. The SMILES string of the molecule is COc1cc(N2CCC(C(=O)CCl)CC2)ccc1Cl. The number of carbonyl (C=O) groups is 1. The Morgan fingerprint density at radius 3 is 2.68 bits per heavy atom. The van der Waals surface area contributed by atoms with Gasteiger partial charge in [0.05, 0.1) is 18.0 Å². The van der Waals surface area contributed by atoms with Gasteiger partial charge in [-0.15, -0.1) is 11.6 Å². The van der Waals surface area contributed by atoms with Crippen LogP contribution in [0.2, 0.25) is 5.02 Å². The van der Waals surface area contributed by atoms with Crippen molar-refractivity contribution < 1.29 is 9.53 Å². The van der Waals surface area contributed by atoms with Gasteiger partial charge in [-0.3, -0.25) is 4.79 Å². The van der Waals surface area contributed by atoms with Crippen molar-refractivity contribution in [1.29, 1.82) is 0 Å². The zero-order valence-corrected chi connectivity index (χ0v) is 12.4. The Bertz CT molecular complexity index is 457. The molecule has 0 atom stereocenters. The zero-order chi connectivity index (χ0) is 13.8. The molecule has 5 heteroatoms. The molecule has 0 N–H and O–H groups in total. The standard InChI is InChI=1S/C14H17Cl2NO2/c1-19-14-8-11(2-3-12(14)16)17-6-4-10(5-7-17)13(18)9-15/h2-3,8,10H,4-7,9H2,1H3. The normalized spacial score (nSPS) is 16.5. The fourth-order valence-electron chi connectivity index (χ4n) is 2.41. The maximum atomic E-state index is 11.6. The molecule has 0 amide bonds. The van der Waals surface area contributed by atoms with Crippen LogP contribution in [0.1, 0.15) is 12.8 Å². The summed E-state index contributed by atoms with van der Waals surface area (Å²) in [5.41, 5.74) is 1.08. The maximum Gasteiger partial charge on any atom is 0.150 e. The lowest BCUT2D eigenvalue weighted by Gasteiger charge is -2.33. The first-order chi connectivity index (χ1) is 9.15. The van der Waals surface area contributed by atoms with E-state index in [4.69, 9.17) is 27.9 Å². The lowest BCUT2D eigenvalue weighted by Crippen LogP contribution is -2.36. The van der Waals surface area contributed by atoms with E-state index in [9.17, 15) is 4.79 Å². The summed E-state index contributed by atoms with van der Waals surface area (Å²) in [6.45, 7) is 1.72. The highest BCUT2D eigenvalue weighted by Crippen LogP contribution is 2.31. The molecule has 1 aliphatic rings. The highest BCUT2D eigenvalue weighted by atomic mass is 35.5. The lowest BCUT2D eigenvalue weighted by atomic mass is 9.93. The van der Waals surface area contributed by atoms with E-state index >= 15 is 0 Å². The van der Waals surface area contributed by atoms with Gasteiger partial charge in [0.1, 0.15) is 5.75 Å². The Morgan fingerprint density at radius 2 is 2.11 bits per heavy atom. The number of hydrogen-bond donors (Lipinski definition) is 0. The third-order valence-corrected chi connectivity index (χ3v) is 4.16. The summed E-state index contributed by atoms with van der Waals surface area (Å²) in [5.74, 6) is 1.08. The van der Waals surface area contributed by atoms with Crippen LogP contribution in [-0.4, -0.2) is 31.9 Å². The molecule has 1 aliphatic heterocycles. The minimum Gasteiger partial charge on any atom is -0.495 e. The second-order valence-electron chi connectivity index (χ2n) is 4.68. The number of piperidine rings is 1. The molecule has 1 aromatic rings. The number of methoxy groups -OCH3 is 1. The minimum absolute atomic E-state index is 0.114. The molecule has 104 valence electrons. The first-order valence-electron chi connectivity index (χ1n) is 6.33. The highest BCUT2D eigenvalue weighted by molar-refractivity contribution is 6.32. The lowest BCUT2D eigenvalue weighted by molar-refractivity contribution is -0.120. The maximum absolute atomic E-state index is 11.6. The van der Waals surface area contributed by atoms with Crippen LogP contribution in [0.4, 0.5) is 5.69 Å². The Kier molecular flexibility index (Phi) is 4.94. The van der Waals surface area contributed by atoms with Gasteiger partial charge < -0.3 is 9.64 Å². The second-order valence-corrected chi connectivity index (χ2v) is 5.35. The van der Waals surface area contributed by atoms with Gasteiger partial charge in [0, 0.05) is 30.8 Å². The van der Waals surface area contributed by atoms with E-state index in [0.29, 0.717) is 10.8 Å². The van der Waals surface area contributed by atoms with Crippen molar-refractivity contribution in [3.05, 3.63) is 23.2 Å². The smallest absolute Gasteiger partial charge is 0.150 e. The molecule has 3 nitrogen and oxygen atoms in total. The first kappa shape index (κ1) is 14.5. The van der Waals surface area contributed by atoms with E-state index in [1.165, 1.54) is 0 Å². The number of Topliss-reactive ketones (excluding diaryl/α,β-unsaturated/α-hetero) is 1. The van der Waals surface area contributed by atoms with E-state index in [1.807, 2.05) is 18.2 Å². The van der Waals surface area contributed by atoms with Crippen LogP contribution in [0.15, 0.2) is 18.2 Å². The van der Waals surface area contributed by atoms with E-state index in [1.54, 1.807) is 7.11 Å². The summed E-state index contributed by atoms with van der Waals surface area (Å²) in [7, 11) is 1.61. The average molecular weight is 302 g/mol. The molecule has 1 fully saturated rings. The Labute approximate surface area is 123 Å². The van der Waals surface area contributed by atoms with Gasteiger partial charge in [0.15, 0.2) is 5.78 Å². The van der Waals surface area contributed by atoms with Gasteiger partial charge in [-0.2, -0.15) is 0 Å². The molecule has 0 radical (unpaired) electrons. The summed E-state index contributed by atoms with van der Waals surface area (Å²) in [5, 5.41) is 0.610. The van der Waals surface area contributed by atoms with Gasteiger partial charge in [-0.05, 0) is 25.0 Å². The number of anilines is 1. The van der Waals surface area contributed by atoms with Crippen LogP contribution in [0.3, 0.4) is 0 Å². The third-order valence-electron chi connectivity index (χ3n) is 3.58. The Balaban J connectivity index is 2.03. The average Bonchev–Trinajstić information content (AvgIpc) is 2.47. The van der Waals surface area contributed by atoms with Crippen molar-refractivity contribution in [3.63, 3.8) is 0 Å². The van der Waals surface area contributed by atoms with Gasteiger partial charge in [-0.1, -0.05) is 11.6 Å². The number of benzene rings is 1. The molecule has 0 spiro atoms.